The van der Waals surface area contributed by atoms with Crippen molar-refractivity contribution in [3.63, 3.8) is 0 Å². The standard InChI is InChI=1S/C45H51FN2O6Si/c1-44(2,3)55(34-15-9-5-10-16-34,35-17-11-6-12-18-35)53-29-32-26-36-41(37-27-40(54-45(32,37)52)31-19-20-39(49)38(46)25-31)43(51)48(42(36)50)33-21-23-47(24-22-33)28-30-13-7-4-8-14-30/h4-20,25,32-33,36-37,40-41,49,52H,21-24,26-29H2,1-3H3/t32-,36+,37+,40+,41+,45-/m1/s1. The molecule has 3 saturated heterocycles. The van der Waals surface area contributed by atoms with E-state index >= 15 is 0 Å². The molecule has 288 valence electrons. The molecule has 0 radical (unpaired) electrons. The normalized spacial score (nSPS) is 27.7. The number of amides is 2. The number of aromatic hydroxyl groups is 1. The van der Waals surface area contributed by atoms with Gasteiger partial charge in [0.1, 0.15) is 0 Å². The van der Waals surface area contributed by atoms with E-state index < -0.39 is 55.4 Å². The van der Waals surface area contributed by atoms with Crippen LogP contribution in [0.5, 0.6) is 5.75 Å². The van der Waals surface area contributed by atoms with Crippen LogP contribution in [-0.2, 0) is 25.3 Å². The van der Waals surface area contributed by atoms with Crippen LogP contribution in [0.1, 0.15) is 63.7 Å². The highest BCUT2D eigenvalue weighted by atomic mass is 28.4. The van der Waals surface area contributed by atoms with E-state index in [4.69, 9.17) is 9.16 Å². The van der Waals surface area contributed by atoms with Gasteiger partial charge in [-0.2, -0.15) is 0 Å². The summed E-state index contributed by atoms with van der Waals surface area (Å²) in [7, 11) is -3.06. The summed E-state index contributed by atoms with van der Waals surface area (Å²) in [5, 5.41) is 24.7. The lowest BCUT2D eigenvalue weighted by atomic mass is 9.64. The van der Waals surface area contributed by atoms with E-state index in [1.165, 1.54) is 22.6 Å². The summed E-state index contributed by atoms with van der Waals surface area (Å²) in [6.45, 7) is 9.03. The summed E-state index contributed by atoms with van der Waals surface area (Å²) in [5.74, 6) is -6.28. The zero-order valence-electron chi connectivity index (χ0n) is 31.8. The second kappa shape index (κ2) is 14.7. The summed E-state index contributed by atoms with van der Waals surface area (Å²) < 4.78 is 28.7. The van der Waals surface area contributed by atoms with Gasteiger partial charge in [-0.05, 0) is 64.4 Å². The number of hydrogen-bond donors (Lipinski definition) is 2. The molecule has 4 aromatic carbocycles. The second-order valence-electron chi connectivity index (χ2n) is 17.0. The lowest BCUT2D eigenvalue weighted by molar-refractivity contribution is -0.273. The number of piperidine rings is 1. The minimum Gasteiger partial charge on any atom is -0.505 e. The van der Waals surface area contributed by atoms with Crippen LogP contribution in [0.2, 0.25) is 5.04 Å². The van der Waals surface area contributed by atoms with Gasteiger partial charge in [0, 0.05) is 44.1 Å². The number of aliphatic hydroxyl groups is 1. The number of carbonyl (C=O) groups is 2. The van der Waals surface area contributed by atoms with Crippen molar-refractivity contribution in [3.8, 4) is 5.75 Å². The first-order valence-electron chi connectivity index (χ1n) is 19.7. The third-order valence-corrected chi connectivity index (χ3v) is 17.8. The zero-order valence-corrected chi connectivity index (χ0v) is 32.8. The molecule has 0 bridgehead atoms. The van der Waals surface area contributed by atoms with Crippen molar-refractivity contribution < 1.29 is 33.4 Å². The number of phenols is 1. The predicted molar refractivity (Wildman–Crippen MR) is 210 cm³/mol. The first-order valence-corrected chi connectivity index (χ1v) is 21.6. The van der Waals surface area contributed by atoms with Gasteiger partial charge < -0.3 is 19.4 Å². The Balaban J connectivity index is 1.12. The first kappa shape index (κ1) is 37.7. The maximum Gasteiger partial charge on any atom is 0.261 e. The number of hydrogen-bond acceptors (Lipinski definition) is 7. The maximum atomic E-state index is 14.7. The fraction of sp³-hybridized carbons (Fsp3) is 0.422. The van der Waals surface area contributed by atoms with Gasteiger partial charge in [-0.25, -0.2) is 4.39 Å². The van der Waals surface area contributed by atoms with Crippen molar-refractivity contribution in [1.29, 1.82) is 0 Å². The number of nitrogens with zero attached hydrogens (tertiary/aromatic N) is 2. The Morgan fingerprint density at radius 2 is 1.45 bits per heavy atom. The molecule has 8 nitrogen and oxygen atoms in total. The number of benzene rings is 4. The van der Waals surface area contributed by atoms with Crippen molar-refractivity contribution in [2.45, 2.75) is 76.0 Å². The maximum absolute atomic E-state index is 14.7. The molecule has 0 unspecified atom stereocenters. The van der Waals surface area contributed by atoms with E-state index in [9.17, 15) is 24.2 Å². The summed E-state index contributed by atoms with van der Waals surface area (Å²) in [5.41, 5.74) is 1.69. The molecule has 2 amide bonds. The Kier molecular flexibility index (Phi) is 10.1. The van der Waals surface area contributed by atoms with E-state index in [1.54, 1.807) is 6.07 Å². The highest BCUT2D eigenvalue weighted by molar-refractivity contribution is 6.99. The van der Waals surface area contributed by atoms with E-state index in [2.05, 4.69) is 62.1 Å². The Hall–Kier alpha value is -4.19. The van der Waals surface area contributed by atoms with E-state index in [0.717, 1.165) is 30.0 Å². The Labute approximate surface area is 324 Å². The molecule has 3 aliphatic heterocycles. The van der Waals surface area contributed by atoms with Crippen LogP contribution in [0.15, 0.2) is 109 Å². The van der Waals surface area contributed by atoms with Crippen molar-refractivity contribution in [2.24, 2.45) is 23.7 Å². The molecule has 3 heterocycles. The van der Waals surface area contributed by atoms with Crippen LogP contribution in [0.3, 0.4) is 0 Å². The molecule has 2 N–H and O–H groups in total. The molecule has 55 heavy (non-hydrogen) atoms. The van der Waals surface area contributed by atoms with Gasteiger partial charge in [-0.1, -0.05) is 118 Å². The summed E-state index contributed by atoms with van der Waals surface area (Å²) in [6.07, 6.45) is 1.06. The molecular formula is C45H51FN2O6Si. The van der Waals surface area contributed by atoms with E-state index in [1.807, 2.05) is 54.6 Å². The van der Waals surface area contributed by atoms with Gasteiger partial charge in [0.2, 0.25) is 11.8 Å². The molecule has 8 rings (SSSR count). The Bertz CT molecular complexity index is 1960. The summed E-state index contributed by atoms with van der Waals surface area (Å²) >= 11 is 0. The number of rotatable bonds is 9. The van der Waals surface area contributed by atoms with Crippen LogP contribution < -0.4 is 10.4 Å². The minimum absolute atomic E-state index is 0.0967. The number of imide groups is 1. The van der Waals surface area contributed by atoms with Gasteiger partial charge in [0.05, 0.1) is 17.9 Å². The number of likely N-dealkylation sites (tertiary alicyclic amines) is 2. The molecule has 4 aliphatic rings. The fourth-order valence-corrected chi connectivity index (χ4v) is 14.8. The van der Waals surface area contributed by atoms with Gasteiger partial charge in [-0.3, -0.25) is 19.4 Å². The minimum atomic E-state index is -3.06. The van der Waals surface area contributed by atoms with Crippen LogP contribution in [0, 0.1) is 29.5 Å². The van der Waals surface area contributed by atoms with Crippen LogP contribution >= 0.6 is 0 Å². The average Bonchev–Trinajstić information content (AvgIpc) is 3.67. The van der Waals surface area contributed by atoms with Crippen molar-refractivity contribution in [1.82, 2.24) is 9.80 Å². The van der Waals surface area contributed by atoms with Crippen LogP contribution in [0.4, 0.5) is 4.39 Å². The number of ether oxygens (including phenoxy) is 1. The smallest absolute Gasteiger partial charge is 0.261 e. The van der Waals surface area contributed by atoms with Gasteiger partial charge in [0.15, 0.2) is 17.4 Å². The SMILES string of the molecule is CC(C)(C)[Si](OC[C@H]1C[C@@H]2C(=O)N(C3CCN(Cc4ccccc4)CC3)C(=O)[C@@H]2[C@@H]2C[C@@H](c3ccc(O)c(F)c3)O[C@]12O)(c1ccccc1)c1ccccc1. The summed E-state index contributed by atoms with van der Waals surface area (Å²) in [4.78, 5) is 33.0. The third-order valence-electron chi connectivity index (χ3n) is 12.8. The van der Waals surface area contributed by atoms with Crippen LogP contribution in [0.25, 0.3) is 0 Å². The molecular weight excluding hydrogens is 712 g/mol. The van der Waals surface area contributed by atoms with E-state index in [-0.39, 0.29) is 42.3 Å². The summed E-state index contributed by atoms with van der Waals surface area (Å²) in [6, 6.07) is 34.7. The van der Waals surface area contributed by atoms with E-state index in [0.29, 0.717) is 18.4 Å². The van der Waals surface area contributed by atoms with Crippen LogP contribution in [-0.4, -0.2) is 71.7 Å². The molecule has 6 atom stereocenters. The number of phenolic OH excluding ortho intramolecular Hbond substituents is 1. The van der Waals surface area contributed by atoms with Gasteiger partial charge >= 0.3 is 0 Å². The average molecular weight is 763 g/mol. The lowest BCUT2D eigenvalue weighted by Gasteiger charge is -2.48. The fourth-order valence-electron chi connectivity index (χ4n) is 10.2. The van der Waals surface area contributed by atoms with Gasteiger partial charge in [-0.15, -0.1) is 0 Å². The molecule has 1 aliphatic carbocycles. The highest BCUT2D eigenvalue weighted by Gasteiger charge is 2.68. The second-order valence-corrected chi connectivity index (χ2v) is 21.3. The quantitative estimate of drug-likeness (QED) is 0.156. The molecule has 4 aromatic rings. The lowest BCUT2D eigenvalue weighted by Crippen LogP contribution is -2.67. The molecule has 0 aromatic heterocycles. The van der Waals surface area contributed by atoms with Crippen molar-refractivity contribution in [2.75, 3.05) is 19.7 Å². The monoisotopic (exact) mass is 762 g/mol. The predicted octanol–water partition coefficient (Wildman–Crippen LogP) is 6.16. The molecule has 1 saturated carbocycles. The van der Waals surface area contributed by atoms with Gasteiger partial charge in [0.25, 0.3) is 8.32 Å². The highest BCUT2D eigenvalue weighted by Crippen LogP contribution is 2.59. The number of fused-ring (bicyclic) bond motifs is 3. The topological polar surface area (TPSA) is 99.5 Å². The first-order chi connectivity index (χ1) is 26.4. The Morgan fingerprint density at radius 3 is 2.04 bits per heavy atom. The van der Waals surface area contributed by atoms with Crippen molar-refractivity contribution >= 4 is 30.5 Å². The Morgan fingerprint density at radius 1 is 0.855 bits per heavy atom. The third kappa shape index (κ3) is 6.65. The largest absolute Gasteiger partial charge is 0.505 e. The van der Waals surface area contributed by atoms with Crippen molar-refractivity contribution in [3.05, 3.63) is 126 Å². The zero-order chi connectivity index (χ0) is 38.5. The number of halogens is 1. The molecule has 10 heteroatoms. The molecule has 4 fully saturated rings. The number of carbonyl (C=O) groups excluding carboxylic acids is 2. The molecule has 0 spiro atoms.